The van der Waals surface area contributed by atoms with Crippen molar-refractivity contribution in [2.45, 2.75) is 0 Å². The molecule has 1 aromatic heterocycles. The highest BCUT2D eigenvalue weighted by Crippen LogP contribution is 2.46. The Morgan fingerprint density at radius 1 is 0.372 bits per heavy atom. The number of rotatable bonds is 3. The van der Waals surface area contributed by atoms with E-state index in [1.807, 2.05) is 0 Å². The molecule has 0 amide bonds. The number of fused-ring (bicyclic) bond motifs is 6. The molecule has 0 fully saturated rings. The Kier molecular flexibility index (Phi) is 2.29. The molecule has 1 heteroatoms. The van der Waals surface area contributed by atoms with E-state index in [1.165, 1.54) is 6.07 Å². The lowest BCUT2D eigenvalue weighted by Crippen LogP contribution is -1.91. The van der Waals surface area contributed by atoms with Crippen molar-refractivity contribution in [2.75, 3.05) is 0 Å². The van der Waals surface area contributed by atoms with Crippen LogP contribution in [0.1, 0.15) is 34.3 Å². The van der Waals surface area contributed by atoms with Crippen LogP contribution < -0.4 is 0 Å². The van der Waals surface area contributed by atoms with E-state index in [9.17, 15) is 11.0 Å². The highest BCUT2D eigenvalue weighted by atomic mass is 32.1. The molecule has 9 aromatic rings. The Morgan fingerprint density at radius 2 is 0.907 bits per heavy atom. The first-order valence-corrected chi connectivity index (χ1v) is 13.6. The molecular weight excluding hydrogens is 537 g/mol. The van der Waals surface area contributed by atoms with Crippen LogP contribution in [-0.4, -0.2) is 0 Å². The fourth-order valence-electron chi connectivity index (χ4n) is 5.23. The van der Waals surface area contributed by atoms with Gasteiger partial charge in [0.2, 0.25) is 0 Å². The molecular formula is C42H26S. The molecule has 43 heavy (non-hydrogen) atoms. The summed E-state index contributed by atoms with van der Waals surface area (Å²) in [5, 5.41) is -3.69. The first kappa shape index (κ1) is 10.2. The van der Waals surface area contributed by atoms with Crippen LogP contribution in [0.4, 0.5) is 0 Å². The smallest absolute Gasteiger partial charge is 0.0638 e. The second-order valence-electron chi connectivity index (χ2n) is 9.35. The van der Waals surface area contributed by atoms with Crippen LogP contribution in [0.3, 0.4) is 0 Å². The molecule has 0 saturated carbocycles. The van der Waals surface area contributed by atoms with E-state index in [1.54, 1.807) is 0 Å². The average molecular weight is 588 g/mol. The monoisotopic (exact) mass is 587 g/mol. The van der Waals surface area contributed by atoms with Crippen molar-refractivity contribution in [1.82, 2.24) is 0 Å². The van der Waals surface area contributed by atoms with Crippen molar-refractivity contribution in [3.63, 3.8) is 0 Å². The van der Waals surface area contributed by atoms with Gasteiger partial charge in [0.05, 0.1) is 34.3 Å². The van der Waals surface area contributed by atoms with Gasteiger partial charge in [0.1, 0.15) is 0 Å². The Bertz CT molecular complexity index is 3820. The van der Waals surface area contributed by atoms with Crippen LogP contribution in [0.2, 0.25) is 0 Å². The fourth-order valence-corrected chi connectivity index (χ4v) is 6.24. The summed E-state index contributed by atoms with van der Waals surface area (Å²) < 4.78 is 223. The van der Waals surface area contributed by atoms with Gasteiger partial charge in [-0.2, -0.15) is 0 Å². The van der Waals surface area contributed by atoms with Gasteiger partial charge < -0.3 is 0 Å². The number of hydrogen-bond donors (Lipinski definition) is 0. The molecule has 0 aliphatic rings. The fraction of sp³-hybridized carbons (Fsp3) is 0. The molecule has 0 radical (unpaired) electrons. The molecule has 0 bridgehead atoms. The van der Waals surface area contributed by atoms with Gasteiger partial charge in [-0.1, -0.05) is 139 Å². The molecule has 0 aliphatic heterocycles. The average Bonchev–Trinajstić information content (AvgIpc) is 3.70. The second-order valence-corrected chi connectivity index (χ2v) is 10.4. The van der Waals surface area contributed by atoms with Crippen LogP contribution in [0.25, 0.3) is 85.9 Å². The maximum absolute atomic E-state index is 9.79. The standard InChI is InChI=1S/C42H26S/c1-2-15-31-27(11-1)12-10-21-32(31)28-13-9-14-29(25-28)41-35-17-3-5-19-37(35)42(38-20-6-4-18-36(38)41)30-23-24-34-33-16-7-8-22-39(33)43-40(34)26-30/h1-26H/i1D,2D,3D,4D,5D,6D,7D,8D,9D,10D,11D,12D,13D,14D,15D,16D,17D,18D,19D,20D,21D,22D,23D,24D,25D. The molecule has 0 unspecified atom stereocenters. The molecule has 1 heterocycles. The third-order valence-electron chi connectivity index (χ3n) is 7.04. The van der Waals surface area contributed by atoms with E-state index in [0.717, 1.165) is 11.3 Å². The minimum atomic E-state index is -1.02. The minimum Gasteiger partial charge on any atom is -0.135 e. The van der Waals surface area contributed by atoms with Crippen LogP contribution >= 0.6 is 11.3 Å². The first-order chi connectivity index (χ1) is 31.7. The van der Waals surface area contributed by atoms with Gasteiger partial charge in [-0.3, -0.25) is 0 Å². The predicted molar refractivity (Wildman–Crippen MR) is 188 cm³/mol. The van der Waals surface area contributed by atoms with Crippen molar-refractivity contribution >= 4 is 63.8 Å². The highest BCUT2D eigenvalue weighted by molar-refractivity contribution is 7.25. The molecule has 9 rings (SSSR count). The lowest BCUT2D eigenvalue weighted by molar-refractivity contribution is 1.63. The molecule has 0 saturated heterocycles. The third kappa shape index (κ3) is 3.82. The first-order valence-electron chi connectivity index (χ1n) is 25.2. The molecule has 200 valence electrons. The van der Waals surface area contributed by atoms with Crippen LogP contribution in [0.15, 0.2) is 157 Å². The quantitative estimate of drug-likeness (QED) is 0.180. The summed E-state index contributed by atoms with van der Waals surface area (Å²) >= 11 is 0.815. The SMILES string of the molecule is [2H]c1c([2H])c(-c2c([2H])c([2H])c([2H])c3c([2H])c([2H])c([2H])c([2H])c23)c([2H])c(-c2c3c([2H])c([2H])c([2H])c([2H])c3c(-c3cc4sc5c([2H])c([2H])c([2H])c([2H])c5c4c([2H])c3[2H])c3c([2H])c([2H])c([2H])c([2H])c23)c1[2H]. The summed E-state index contributed by atoms with van der Waals surface area (Å²) in [6.45, 7) is 0. The summed E-state index contributed by atoms with van der Waals surface area (Å²) in [6.07, 6.45) is 0. The molecule has 0 nitrogen and oxygen atoms in total. The Morgan fingerprint density at radius 3 is 1.65 bits per heavy atom. The Hall–Kier alpha value is -5.24. The van der Waals surface area contributed by atoms with Crippen LogP contribution in [0, 0.1) is 0 Å². The largest absolute Gasteiger partial charge is 0.135 e. The topological polar surface area (TPSA) is 0 Å². The molecule has 0 atom stereocenters. The molecule has 0 aliphatic carbocycles. The van der Waals surface area contributed by atoms with Crippen molar-refractivity contribution in [3.8, 4) is 33.4 Å². The highest BCUT2D eigenvalue weighted by Gasteiger charge is 2.18. The third-order valence-corrected chi connectivity index (χ3v) is 8.09. The van der Waals surface area contributed by atoms with Gasteiger partial charge >= 0.3 is 0 Å². The van der Waals surface area contributed by atoms with Gasteiger partial charge in [-0.25, -0.2) is 0 Å². The normalized spacial score (nSPS) is 19.9. The van der Waals surface area contributed by atoms with E-state index >= 15 is 0 Å². The van der Waals surface area contributed by atoms with Crippen molar-refractivity contribution < 1.29 is 34.3 Å². The van der Waals surface area contributed by atoms with E-state index in [0.29, 0.717) is 0 Å². The zero-order chi connectivity index (χ0) is 50.1. The zero-order valence-corrected chi connectivity index (χ0v) is 22.3. The minimum absolute atomic E-state index is 0.0184. The summed E-state index contributed by atoms with van der Waals surface area (Å²) in [7, 11) is 0. The van der Waals surface area contributed by atoms with Crippen molar-refractivity contribution in [3.05, 3.63) is 157 Å². The van der Waals surface area contributed by atoms with Crippen LogP contribution in [0.5, 0.6) is 0 Å². The Balaban J connectivity index is 1.58. The van der Waals surface area contributed by atoms with Crippen LogP contribution in [-0.2, 0) is 0 Å². The van der Waals surface area contributed by atoms with Gasteiger partial charge in [-0.05, 0) is 83.8 Å². The van der Waals surface area contributed by atoms with Gasteiger partial charge in [-0.15, -0.1) is 11.3 Å². The van der Waals surface area contributed by atoms with E-state index in [-0.39, 0.29) is 25.7 Å². The van der Waals surface area contributed by atoms with Gasteiger partial charge in [0, 0.05) is 20.2 Å². The maximum Gasteiger partial charge on any atom is 0.0638 e. The number of thiophene rings is 1. The van der Waals surface area contributed by atoms with Crippen molar-refractivity contribution in [2.24, 2.45) is 0 Å². The predicted octanol–water partition coefficient (Wildman–Crippen LogP) is 12.5. The van der Waals surface area contributed by atoms with Gasteiger partial charge in [0.25, 0.3) is 0 Å². The second kappa shape index (κ2) is 9.66. The number of hydrogen-bond acceptors (Lipinski definition) is 1. The van der Waals surface area contributed by atoms with E-state index in [2.05, 4.69) is 0 Å². The van der Waals surface area contributed by atoms with E-state index in [4.69, 9.17) is 23.3 Å². The van der Waals surface area contributed by atoms with Crippen molar-refractivity contribution in [1.29, 1.82) is 0 Å². The number of benzene rings is 8. The van der Waals surface area contributed by atoms with E-state index < -0.39 is 211 Å². The molecule has 0 spiro atoms. The lowest BCUT2D eigenvalue weighted by atomic mass is 9.85. The molecule has 0 N–H and O–H groups in total. The lowest BCUT2D eigenvalue weighted by Gasteiger charge is -2.18. The summed E-state index contributed by atoms with van der Waals surface area (Å²) in [5.41, 5.74) is -3.77. The summed E-state index contributed by atoms with van der Waals surface area (Å²) in [4.78, 5) is 0. The maximum atomic E-state index is 9.79. The summed E-state index contributed by atoms with van der Waals surface area (Å²) in [5.74, 6) is 0. The zero-order valence-electron chi connectivity index (χ0n) is 46.5. The summed E-state index contributed by atoms with van der Waals surface area (Å²) in [6, 6.07) is -19.3. The van der Waals surface area contributed by atoms with Gasteiger partial charge in [0.15, 0.2) is 0 Å². The molecule has 8 aromatic carbocycles. The Labute approximate surface area is 289 Å².